The van der Waals surface area contributed by atoms with E-state index in [0.29, 0.717) is 28.5 Å². The number of aromatic nitrogens is 3. The second kappa shape index (κ2) is 7.23. The van der Waals surface area contributed by atoms with Crippen molar-refractivity contribution in [1.82, 2.24) is 15.0 Å². The van der Waals surface area contributed by atoms with E-state index in [-0.39, 0.29) is 12.0 Å². The lowest BCUT2D eigenvalue weighted by Crippen LogP contribution is -2.51. The van der Waals surface area contributed by atoms with Crippen molar-refractivity contribution in [2.45, 2.75) is 31.7 Å². The van der Waals surface area contributed by atoms with Crippen LogP contribution in [0.25, 0.3) is 28.4 Å². The second-order valence-corrected chi connectivity index (χ2v) is 8.30. The maximum absolute atomic E-state index is 13.7. The molecule has 3 aromatic rings. The minimum atomic E-state index is -0.739. The van der Waals surface area contributed by atoms with E-state index in [4.69, 9.17) is 4.98 Å². The number of nitrogens with one attached hydrogen (secondary N) is 2. The normalized spacial score (nSPS) is 25.4. The quantitative estimate of drug-likeness (QED) is 0.571. The van der Waals surface area contributed by atoms with Gasteiger partial charge in [0.1, 0.15) is 17.3 Å². The molecule has 0 aliphatic heterocycles. The van der Waals surface area contributed by atoms with Crippen LogP contribution < -0.4 is 5.32 Å². The Morgan fingerprint density at radius 3 is 2.77 bits per heavy atom. The van der Waals surface area contributed by atoms with Gasteiger partial charge in [-0.1, -0.05) is 12.7 Å². The van der Waals surface area contributed by atoms with E-state index in [1.54, 1.807) is 12.3 Å². The predicted octanol–water partition coefficient (Wildman–Crippen LogP) is 4.71. The lowest BCUT2D eigenvalue weighted by atomic mass is 9.61. The van der Waals surface area contributed by atoms with E-state index in [1.807, 2.05) is 12.1 Å². The van der Waals surface area contributed by atoms with Gasteiger partial charge in [-0.3, -0.25) is 4.79 Å². The predicted molar refractivity (Wildman–Crippen MR) is 113 cm³/mol. The van der Waals surface area contributed by atoms with Gasteiger partial charge in [-0.2, -0.15) is 0 Å². The maximum Gasteiger partial charge on any atom is 0.308 e. The number of fused-ring (bicyclic) bond motifs is 4. The fraction of sp³-hybridized carbons (Fsp3) is 0.348. The lowest BCUT2D eigenvalue weighted by Gasteiger charge is -2.47. The first-order chi connectivity index (χ1) is 14.5. The molecule has 6 rings (SSSR count). The molecule has 154 valence electrons. The largest absolute Gasteiger partial charge is 0.481 e. The Balaban J connectivity index is 1.54. The van der Waals surface area contributed by atoms with E-state index in [2.05, 4.69) is 21.9 Å². The van der Waals surface area contributed by atoms with Crippen molar-refractivity contribution < 1.29 is 14.3 Å². The summed E-state index contributed by atoms with van der Waals surface area (Å²) in [5.74, 6) is -0.408. The van der Waals surface area contributed by atoms with Crippen molar-refractivity contribution in [1.29, 1.82) is 0 Å². The zero-order chi connectivity index (χ0) is 20.8. The summed E-state index contributed by atoms with van der Waals surface area (Å²) in [4.78, 5) is 23.9. The first kappa shape index (κ1) is 18.8. The third-order valence-electron chi connectivity index (χ3n) is 6.73. The number of anilines is 1. The minimum Gasteiger partial charge on any atom is -0.481 e. The van der Waals surface area contributed by atoms with Gasteiger partial charge in [0.15, 0.2) is 0 Å². The molecule has 0 amide bonds. The number of nitrogens with zero attached hydrogens (tertiary/aromatic N) is 2. The van der Waals surface area contributed by atoms with Crippen molar-refractivity contribution in [3.8, 4) is 11.3 Å². The summed E-state index contributed by atoms with van der Waals surface area (Å²) in [7, 11) is 0. The number of pyridine rings is 2. The van der Waals surface area contributed by atoms with Gasteiger partial charge in [0, 0.05) is 28.8 Å². The molecule has 3 N–H and O–H groups in total. The highest BCUT2D eigenvalue weighted by atomic mass is 19.1. The topological polar surface area (TPSA) is 90.9 Å². The standard InChI is InChI=1S/C23H23FN4O2/c1-2-12-7-8-18(17-11-26-22-16(17)9-15(24)10-25-22)27-21(12)28-20-14-5-3-13(4-6-14)19(20)23(29)30/h2,7-11,13-14,19-20H,1,3-6H2,(H,25,26)(H,27,28)(H,29,30)/t13?,14?,19-,20?/m1/s1. The van der Waals surface area contributed by atoms with Crippen LogP contribution in [0.3, 0.4) is 0 Å². The molecular weight excluding hydrogens is 383 g/mol. The molecule has 0 spiro atoms. The van der Waals surface area contributed by atoms with Crippen LogP contribution >= 0.6 is 0 Å². The molecule has 7 heteroatoms. The molecule has 0 saturated heterocycles. The van der Waals surface area contributed by atoms with Crippen molar-refractivity contribution in [3.05, 3.63) is 48.6 Å². The summed E-state index contributed by atoms with van der Waals surface area (Å²) in [5, 5.41) is 14.0. The summed E-state index contributed by atoms with van der Waals surface area (Å²) in [6.07, 6.45) is 8.70. The molecule has 0 radical (unpaired) electrons. The van der Waals surface area contributed by atoms with Crippen molar-refractivity contribution in [2.75, 3.05) is 5.32 Å². The number of aromatic amines is 1. The van der Waals surface area contributed by atoms with E-state index < -0.39 is 17.7 Å². The van der Waals surface area contributed by atoms with Gasteiger partial charge in [0.2, 0.25) is 0 Å². The fourth-order valence-corrected chi connectivity index (χ4v) is 5.26. The summed E-state index contributed by atoms with van der Waals surface area (Å²) >= 11 is 0. The van der Waals surface area contributed by atoms with Gasteiger partial charge in [-0.15, -0.1) is 0 Å². The monoisotopic (exact) mass is 406 g/mol. The molecule has 1 unspecified atom stereocenters. The average molecular weight is 406 g/mol. The Kier molecular flexibility index (Phi) is 4.53. The smallest absolute Gasteiger partial charge is 0.308 e. The number of H-pyrrole nitrogens is 1. The van der Waals surface area contributed by atoms with Gasteiger partial charge in [0.25, 0.3) is 0 Å². The lowest BCUT2D eigenvalue weighted by molar-refractivity contribution is -0.148. The highest BCUT2D eigenvalue weighted by Gasteiger charge is 2.47. The van der Waals surface area contributed by atoms with Crippen LogP contribution in [0, 0.1) is 23.6 Å². The highest BCUT2D eigenvalue weighted by molar-refractivity contribution is 5.93. The SMILES string of the molecule is C=Cc1ccc(-c2c[nH]c3ncc(F)cc23)nc1NC1C2CCC(CC2)[C@H]1C(=O)O. The van der Waals surface area contributed by atoms with Crippen LogP contribution in [0.2, 0.25) is 0 Å². The molecule has 30 heavy (non-hydrogen) atoms. The molecule has 3 heterocycles. The summed E-state index contributed by atoms with van der Waals surface area (Å²) in [6.45, 7) is 3.88. The zero-order valence-corrected chi connectivity index (χ0v) is 16.4. The average Bonchev–Trinajstić information content (AvgIpc) is 3.17. The molecule has 3 fully saturated rings. The molecular formula is C23H23FN4O2. The summed E-state index contributed by atoms with van der Waals surface area (Å²) in [6, 6.07) is 5.04. The zero-order valence-electron chi connectivity index (χ0n) is 16.4. The molecule has 3 aromatic heterocycles. The Hall–Kier alpha value is -3.22. The fourth-order valence-electron chi connectivity index (χ4n) is 5.26. The van der Waals surface area contributed by atoms with Crippen LogP contribution in [-0.4, -0.2) is 32.1 Å². The molecule has 3 aliphatic rings. The second-order valence-electron chi connectivity index (χ2n) is 8.30. The molecule has 0 aromatic carbocycles. The highest BCUT2D eigenvalue weighted by Crippen LogP contribution is 2.46. The number of rotatable bonds is 5. The Morgan fingerprint density at radius 2 is 2.03 bits per heavy atom. The van der Waals surface area contributed by atoms with E-state index in [9.17, 15) is 14.3 Å². The first-order valence-electron chi connectivity index (χ1n) is 10.3. The first-order valence-corrected chi connectivity index (χ1v) is 10.3. The molecule has 2 atom stereocenters. The summed E-state index contributed by atoms with van der Waals surface area (Å²) in [5.41, 5.74) is 2.81. The number of carboxylic acid groups (broad SMARTS) is 1. The van der Waals surface area contributed by atoms with Crippen molar-refractivity contribution in [2.24, 2.45) is 17.8 Å². The van der Waals surface area contributed by atoms with Crippen molar-refractivity contribution >= 4 is 28.9 Å². The number of hydrogen-bond donors (Lipinski definition) is 3. The number of carbonyl (C=O) groups is 1. The molecule has 2 bridgehead atoms. The Bertz CT molecular complexity index is 1130. The molecule has 3 aliphatic carbocycles. The third-order valence-corrected chi connectivity index (χ3v) is 6.73. The van der Waals surface area contributed by atoms with Crippen LogP contribution in [0.1, 0.15) is 31.2 Å². The van der Waals surface area contributed by atoms with Gasteiger partial charge in [0.05, 0.1) is 17.8 Å². The Morgan fingerprint density at radius 1 is 1.27 bits per heavy atom. The van der Waals surface area contributed by atoms with E-state index in [0.717, 1.165) is 36.8 Å². The van der Waals surface area contributed by atoms with Crippen LogP contribution in [0.5, 0.6) is 0 Å². The number of halogens is 1. The van der Waals surface area contributed by atoms with Crippen LogP contribution in [0.15, 0.2) is 37.2 Å². The number of hydrogen-bond acceptors (Lipinski definition) is 4. The van der Waals surface area contributed by atoms with Crippen LogP contribution in [-0.2, 0) is 4.79 Å². The Labute approximate surface area is 173 Å². The third kappa shape index (κ3) is 3.05. The van der Waals surface area contributed by atoms with Gasteiger partial charge >= 0.3 is 5.97 Å². The number of aliphatic carboxylic acids is 1. The van der Waals surface area contributed by atoms with Gasteiger partial charge < -0.3 is 15.4 Å². The van der Waals surface area contributed by atoms with Gasteiger partial charge in [-0.25, -0.2) is 14.4 Å². The van der Waals surface area contributed by atoms with E-state index in [1.165, 1.54) is 12.3 Å². The van der Waals surface area contributed by atoms with Crippen molar-refractivity contribution in [3.63, 3.8) is 0 Å². The molecule has 3 saturated carbocycles. The van der Waals surface area contributed by atoms with E-state index >= 15 is 0 Å². The molecule has 6 nitrogen and oxygen atoms in total. The summed E-state index contributed by atoms with van der Waals surface area (Å²) < 4.78 is 13.7. The number of carboxylic acids is 1. The minimum absolute atomic E-state index is 0.154. The van der Waals surface area contributed by atoms with Crippen LogP contribution in [0.4, 0.5) is 10.2 Å². The van der Waals surface area contributed by atoms with Gasteiger partial charge in [-0.05, 0) is 55.7 Å². The maximum atomic E-state index is 13.7.